The highest BCUT2D eigenvalue weighted by atomic mass is 35.5. The van der Waals surface area contributed by atoms with Gasteiger partial charge < -0.3 is 15.6 Å². The number of rotatable bonds is 4. The molecule has 0 rings (SSSR count). The molecule has 2 unspecified atom stereocenters. The number of aliphatic hydroxyl groups is 1. The van der Waals surface area contributed by atoms with E-state index in [9.17, 15) is 4.79 Å². The molecule has 74 valence electrons. The van der Waals surface area contributed by atoms with Crippen molar-refractivity contribution in [3.8, 4) is 0 Å². The highest BCUT2D eigenvalue weighted by Gasteiger charge is 2.22. The van der Waals surface area contributed by atoms with Crippen LogP contribution in [0.3, 0.4) is 0 Å². The molecule has 0 spiro atoms. The lowest BCUT2D eigenvalue weighted by Crippen LogP contribution is -2.40. The highest BCUT2D eigenvalue weighted by Crippen LogP contribution is 2.00. The number of esters is 1. The molecule has 0 radical (unpaired) electrons. The van der Waals surface area contributed by atoms with E-state index >= 15 is 0 Å². The van der Waals surface area contributed by atoms with Crippen LogP contribution in [0.2, 0.25) is 0 Å². The standard InChI is InChI=1S/C7H15NO3.ClH/c1-3-4-5(8)6(9)7(10)11-2;/h5-6,9H,3-4,8H2,1-2H3;1H. The van der Waals surface area contributed by atoms with E-state index in [4.69, 9.17) is 10.8 Å². The van der Waals surface area contributed by atoms with Gasteiger partial charge in [-0.1, -0.05) is 13.3 Å². The number of carbonyl (C=O) groups is 1. The summed E-state index contributed by atoms with van der Waals surface area (Å²) in [6.07, 6.45) is 0.283. The molecular formula is C7H16ClNO3. The molecule has 0 aromatic carbocycles. The molecule has 0 aromatic rings. The minimum absolute atomic E-state index is 0. The third kappa shape index (κ3) is 4.54. The Bertz CT molecular complexity index is 132. The smallest absolute Gasteiger partial charge is 0.336 e. The fraction of sp³-hybridized carbons (Fsp3) is 0.857. The zero-order chi connectivity index (χ0) is 8.85. The van der Waals surface area contributed by atoms with Crippen molar-refractivity contribution in [3.05, 3.63) is 0 Å². The second kappa shape index (κ2) is 7.34. The maximum Gasteiger partial charge on any atom is 0.336 e. The van der Waals surface area contributed by atoms with Crippen LogP contribution in [0, 0.1) is 0 Å². The lowest BCUT2D eigenvalue weighted by Gasteiger charge is -2.14. The van der Waals surface area contributed by atoms with E-state index in [0.717, 1.165) is 6.42 Å². The minimum Gasteiger partial charge on any atom is -0.467 e. The van der Waals surface area contributed by atoms with Crippen LogP contribution in [0.15, 0.2) is 0 Å². The van der Waals surface area contributed by atoms with Crippen LogP contribution in [0.1, 0.15) is 19.8 Å². The molecule has 0 saturated carbocycles. The Morgan fingerprint density at radius 1 is 1.67 bits per heavy atom. The minimum atomic E-state index is -1.18. The Morgan fingerprint density at radius 3 is 2.50 bits per heavy atom. The van der Waals surface area contributed by atoms with E-state index in [0.29, 0.717) is 6.42 Å². The first kappa shape index (κ1) is 14.2. The third-order valence-electron chi connectivity index (χ3n) is 1.47. The first-order valence-corrected chi connectivity index (χ1v) is 3.65. The highest BCUT2D eigenvalue weighted by molar-refractivity contribution is 5.85. The van der Waals surface area contributed by atoms with Crippen LogP contribution >= 0.6 is 12.4 Å². The van der Waals surface area contributed by atoms with Crippen LogP contribution in [0.5, 0.6) is 0 Å². The van der Waals surface area contributed by atoms with Crippen molar-refractivity contribution in [2.24, 2.45) is 5.73 Å². The summed E-state index contributed by atoms with van der Waals surface area (Å²) in [6.45, 7) is 1.93. The second-order valence-corrected chi connectivity index (χ2v) is 2.42. The summed E-state index contributed by atoms with van der Waals surface area (Å²) >= 11 is 0. The zero-order valence-electron chi connectivity index (χ0n) is 7.32. The number of carbonyl (C=O) groups excluding carboxylic acids is 1. The van der Waals surface area contributed by atoms with Crippen molar-refractivity contribution in [1.82, 2.24) is 0 Å². The van der Waals surface area contributed by atoms with E-state index < -0.39 is 18.1 Å². The largest absolute Gasteiger partial charge is 0.467 e. The van der Waals surface area contributed by atoms with Crippen LogP contribution in [-0.2, 0) is 9.53 Å². The van der Waals surface area contributed by atoms with Gasteiger partial charge in [0.15, 0.2) is 6.10 Å². The lowest BCUT2D eigenvalue weighted by molar-refractivity contribution is -0.151. The number of ether oxygens (including phenoxy) is 1. The van der Waals surface area contributed by atoms with Crippen molar-refractivity contribution in [2.45, 2.75) is 31.9 Å². The van der Waals surface area contributed by atoms with Gasteiger partial charge in [-0.15, -0.1) is 12.4 Å². The summed E-state index contributed by atoms with van der Waals surface area (Å²) in [6, 6.07) is -0.507. The van der Waals surface area contributed by atoms with Gasteiger partial charge in [0.05, 0.1) is 7.11 Å². The van der Waals surface area contributed by atoms with Gasteiger partial charge >= 0.3 is 5.97 Å². The molecule has 0 fully saturated rings. The van der Waals surface area contributed by atoms with Crippen molar-refractivity contribution in [3.63, 3.8) is 0 Å². The van der Waals surface area contributed by atoms with Gasteiger partial charge in [0, 0.05) is 6.04 Å². The quantitative estimate of drug-likeness (QED) is 0.626. The number of methoxy groups -OCH3 is 1. The van der Waals surface area contributed by atoms with Crippen LogP contribution in [0.4, 0.5) is 0 Å². The third-order valence-corrected chi connectivity index (χ3v) is 1.47. The summed E-state index contributed by atoms with van der Waals surface area (Å²) < 4.78 is 4.31. The van der Waals surface area contributed by atoms with E-state index in [2.05, 4.69) is 4.74 Å². The number of aliphatic hydroxyl groups excluding tert-OH is 1. The topological polar surface area (TPSA) is 72.5 Å². The van der Waals surface area contributed by atoms with Crippen molar-refractivity contribution in [1.29, 1.82) is 0 Å². The molecule has 0 aliphatic heterocycles. The average molecular weight is 198 g/mol. The number of halogens is 1. The molecule has 4 nitrogen and oxygen atoms in total. The number of hydrogen-bond acceptors (Lipinski definition) is 4. The number of hydrogen-bond donors (Lipinski definition) is 2. The molecule has 0 heterocycles. The second-order valence-electron chi connectivity index (χ2n) is 2.42. The van der Waals surface area contributed by atoms with Gasteiger partial charge in [0.2, 0.25) is 0 Å². The molecule has 0 aromatic heterocycles. The summed E-state index contributed by atoms with van der Waals surface area (Å²) in [5, 5.41) is 9.12. The Morgan fingerprint density at radius 2 is 2.17 bits per heavy atom. The van der Waals surface area contributed by atoms with Crippen LogP contribution < -0.4 is 5.73 Å². The Labute approximate surface area is 78.5 Å². The van der Waals surface area contributed by atoms with Crippen molar-refractivity contribution >= 4 is 18.4 Å². The Kier molecular flexibility index (Phi) is 8.69. The Hall–Kier alpha value is -0.320. The SMILES string of the molecule is CCCC(N)C(O)C(=O)OC.Cl. The van der Waals surface area contributed by atoms with E-state index in [-0.39, 0.29) is 12.4 Å². The maximum atomic E-state index is 10.7. The monoisotopic (exact) mass is 197 g/mol. The molecule has 0 saturated heterocycles. The van der Waals surface area contributed by atoms with E-state index in [1.54, 1.807) is 0 Å². The van der Waals surface area contributed by atoms with E-state index in [1.807, 2.05) is 6.92 Å². The van der Waals surface area contributed by atoms with Crippen molar-refractivity contribution in [2.75, 3.05) is 7.11 Å². The lowest BCUT2D eigenvalue weighted by atomic mass is 10.1. The number of nitrogens with two attached hydrogens (primary N) is 1. The summed E-state index contributed by atoms with van der Waals surface area (Å²) in [5.74, 6) is -0.661. The molecule has 0 amide bonds. The molecule has 5 heteroatoms. The molecule has 3 N–H and O–H groups in total. The predicted octanol–water partition coefficient (Wildman–Crippen LogP) is 0.0695. The molecular weight excluding hydrogens is 182 g/mol. The normalized spacial score (nSPS) is 14.3. The first-order chi connectivity index (χ1) is 5.13. The van der Waals surface area contributed by atoms with Crippen molar-refractivity contribution < 1.29 is 14.6 Å². The fourth-order valence-electron chi connectivity index (χ4n) is 0.787. The van der Waals surface area contributed by atoms with Gasteiger partial charge in [0.1, 0.15) is 0 Å². The van der Waals surface area contributed by atoms with Gasteiger partial charge in [-0.3, -0.25) is 0 Å². The molecule has 0 aliphatic rings. The summed E-state index contributed by atoms with van der Waals surface area (Å²) in [4.78, 5) is 10.7. The maximum absolute atomic E-state index is 10.7. The molecule has 0 aliphatic carbocycles. The van der Waals surface area contributed by atoms with Crippen LogP contribution in [0.25, 0.3) is 0 Å². The fourth-order valence-corrected chi connectivity index (χ4v) is 0.787. The average Bonchev–Trinajstić information content (AvgIpc) is 2.02. The predicted molar refractivity (Wildman–Crippen MR) is 48.2 cm³/mol. The summed E-state index contributed by atoms with van der Waals surface area (Å²) in [7, 11) is 1.23. The van der Waals surface area contributed by atoms with Gasteiger partial charge in [-0.2, -0.15) is 0 Å². The molecule has 2 atom stereocenters. The van der Waals surface area contributed by atoms with Crippen LogP contribution in [-0.4, -0.2) is 30.3 Å². The van der Waals surface area contributed by atoms with Gasteiger partial charge in [-0.05, 0) is 6.42 Å². The zero-order valence-corrected chi connectivity index (χ0v) is 8.13. The van der Waals surface area contributed by atoms with Gasteiger partial charge in [0.25, 0.3) is 0 Å². The van der Waals surface area contributed by atoms with Gasteiger partial charge in [-0.25, -0.2) is 4.79 Å². The molecule has 12 heavy (non-hydrogen) atoms. The molecule has 0 bridgehead atoms. The Balaban J connectivity index is 0. The van der Waals surface area contributed by atoms with E-state index in [1.165, 1.54) is 7.11 Å². The summed E-state index contributed by atoms with van der Waals surface area (Å²) in [5.41, 5.74) is 5.45. The first-order valence-electron chi connectivity index (χ1n) is 3.65.